The fourth-order valence-corrected chi connectivity index (χ4v) is 3.75. The van der Waals surface area contributed by atoms with Gasteiger partial charge in [0.05, 0.1) is 4.88 Å². The van der Waals surface area contributed by atoms with Gasteiger partial charge in [0.1, 0.15) is 12.1 Å². The van der Waals surface area contributed by atoms with E-state index in [0.29, 0.717) is 0 Å². The second kappa shape index (κ2) is 9.11. The van der Waals surface area contributed by atoms with Crippen LogP contribution >= 0.6 is 34.7 Å². The normalized spacial score (nSPS) is 12.1. The highest BCUT2D eigenvalue weighted by molar-refractivity contribution is 7.98. The molecule has 0 bridgehead atoms. The van der Waals surface area contributed by atoms with E-state index in [1.165, 1.54) is 4.88 Å². The number of thiophene rings is 1. The molecule has 1 heterocycles. The highest BCUT2D eigenvalue weighted by Gasteiger charge is 2.10. The molecule has 0 N–H and O–H groups in total. The molecule has 2 rings (SSSR count). The molecule has 23 heavy (non-hydrogen) atoms. The van der Waals surface area contributed by atoms with Crippen molar-refractivity contribution in [2.24, 2.45) is 10.2 Å². The predicted molar refractivity (Wildman–Crippen MR) is 105 cm³/mol. The van der Waals surface area contributed by atoms with E-state index in [9.17, 15) is 0 Å². The Kier molecular flexibility index (Phi) is 7.15. The monoisotopic (exact) mass is 365 g/mol. The Morgan fingerprint density at radius 3 is 2.61 bits per heavy atom. The highest BCUT2D eigenvalue weighted by Crippen LogP contribution is 2.25. The Morgan fingerprint density at radius 2 is 1.96 bits per heavy atom. The van der Waals surface area contributed by atoms with Crippen LogP contribution in [0.25, 0.3) is 0 Å². The molecule has 0 amide bonds. The summed E-state index contributed by atoms with van der Waals surface area (Å²) in [7, 11) is 3.85. The van der Waals surface area contributed by atoms with Crippen molar-refractivity contribution in [2.45, 2.75) is 12.7 Å². The number of nitrogens with zero attached hydrogens (tertiary/aromatic N) is 3. The third kappa shape index (κ3) is 5.68. The Morgan fingerprint density at radius 1 is 1.22 bits per heavy atom. The Hall–Kier alpha value is -1.30. The summed E-state index contributed by atoms with van der Waals surface area (Å²) in [6.45, 7) is 2.18. The molecule has 1 aromatic carbocycles. The molecule has 0 fully saturated rings. The summed E-state index contributed by atoms with van der Waals surface area (Å²) >= 11 is 9.68. The van der Waals surface area contributed by atoms with E-state index in [1.54, 1.807) is 17.7 Å². The van der Waals surface area contributed by atoms with Crippen LogP contribution in [0.3, 0.4) is 0 Å². The van der Waals surface area contributed by atoms with Crippen molar-refractivity contribution in [3.8, 4) is 0 Å². The second-order valence-electron chi connectivity index (χ2n) is 5.05. The predicted octanol–water partition coefficient (Wildman–Crippen LogP) is 5.00. The van der Waals surface area contributed by atoms with E-state index in [1.807, 2.05) is 55.0 Å². The van der Waals surface area contributed by atoms with Gasteiger partial charge in [0.25, 0.3) is 0 Å². The van der Waals surface area contributed by atoms with Crippen molar-refractivity contribution in [1.29, 1.82) is 0 Å². The van der Waals surface area contributed by atoms with Crippen LogP contribution in [-0.2, 0) is 5.75 Å². The molecule has 0 spiro atoms. The van der Waals surface area contributed by atoms with Crippen molar-refractivity contribution in [3.05, 3.63) is 56.7 Å². The van der Waals surface area contributed by atoms with Crippen LogP contribution in [0.15, 0.2) is 46.6 Å². The lowest BCUT2D eigenvalue weighted by Gasteiger charge is -2.04. The zero-order valence-electron chi connectivity index (χ0n) is 13.5. The lowest BCUT2D eigenvalue weighted by atomic mass is 10.1. The van der Waals surface area contributed by atoms with Gasteiger partial charge in [0.2, 0.25) is 0 Å². The smallest absolute Gasteiger partial charge is 0.113 e. The lowest BCUT2D eigenvalue weighted by Crippen LogP contribution is -2.07. The average Bonchev–Trinajstić information content (AvgIpc) is 2.99. The number of hydrogen-bond acceptors (Lipinski definition) is 4. The number of rotatable bonds is 7. The largest absolute Gasteiger partial charge is 0.367 e. The van der Waals surface area contributed by atoms with Gasteiger partial charge in [-0.25, -0.2) is 0 Å². The van der Waals surface area contributed by atoms with Gasteiger partial charge in [-0.1, -0.05) is 30.7 Å². The Balaban J connectivity index is 2.33. The van der Waals surface area contributed by atoms with Crippen molar-refractivity contribution in [1.82, 2.24) is 4.90 Å². The highest BCUT2D eigenvalue weighted by atomic mass is 35.5. The van der Waals surface area contributed by atoms with E-state index < -0.39 is 0 Å². The molecule has 1 aromatic heterocycles. The summed E-state index contributed by atoms with van der Waals surface area (Å²) in [6, 6.07) is 12.0. The fourth-order valence-electron chi connectivity index (χ4n) is 1.83. The fraction of sp³-hybridized carbons (Fsp3) is 0.294. The van der Waals surface area contributed by atoms with Crippen molar-refractivity contribution in [2.75, 3.05) is 19.8 Å². The van der Waals surface area contributed by atoms with E-state index >= 15 is 0 Å². The van der Waals surface area contributed by atoms with Gasteiger partial charge in [-0.3, -0.25) is 0 Å². The first-order valence-corrected chi connectivity index (χ1v) is 9.65. The summed E-state index contributed by atoms with van der Waals surface area (Å²) in [5, 5.41) is 9.33. The maximum atomic E-state index is 5.99. The molecule has 0 saturated heterocycles. The van der Waals surface area contributed by atoms with Crippen LogP contribution in [0, 0.1) is 0 Å². The van der Waals surface area contributed by atoms with Gasteiger partial charge < -0.3 is 4.90 Å². The van der Waals surface area contributed by atoms with Crippen molar-refractivity contribution >= 4 is 46.7 Å². The number of hydrogen-bond donors (Lipinski definition) is 0. The first kappa shape index (κ1) is 18.0. The topological polar surface area (TPSA) is 28.0 Å². The van der Waals surface area contributed by atoms with Gasteiger partial charge in [0, 0.05) is 35.3 Å². The maximum absolute atomic E-state index is 5.99. The lowest BCUT2D eigenvalue weighted by molar-refractivity contribution is 0.640. The standard InChI is InChI=1S/C17H20ClN3S2/c1-4-22-11-15-9-10-16(23-15)17(20-19-12-21(2)3)13-5-7-14(18)8-6-13/h5-10,12H,4,11H2,1-3H3. The molecule has 3 nitrogen and oxygen atoms in total. The number of halogens is 1. The molecule has 0 aliphatic heterocycles. The first-order chi connectivity index (χ1) is 11.1. The molecular formula is C17H20ClN3S2. The maximum Gasteiger partial charge on any atom is 0.113 e. The summed E-state index contributed by atoms with van der Waals surface area (Å²) < 4.78 is 0. The minimum atomic E-state index is 0.719. The minimum absolute atomic E-state index is 0.719. The third-order valence-corrected chi connectivity index (χ3v) is 5.35. The van der Waals surface area contributed by atoms with Crippen LogP contribution in [0.1, 0.15) is 22.2 Å². The summed E-state index contributed by atoms with van der Waals surface area (Å²) in [5.74, 6) is 2.16. The summed E-state index contributed by atoms with van der Waals surface area (Å²) in [4.78, 5) is 4.33. The molecule has 0 aliphatic rings. The molecule has 0 unspecified atom stereocenters. The van der Waals surface area contributed by atoms with Gasteiger partial charge in [0.15, 0.2) is 0 Å². The third-order valence-electron chi connectivity index (χ3n) is 2.90. The minimum Gasteiger partial charge on any atom is -0.367 e. The van der Waals surface area contributed by atoms with Crippen molar-refractivity contribution in [3.63, 3.8) is 0 Å². The number of thioether (sulfide) groups is 1. The Labute approximate surface area is 151 Å². The van der Waals surface area contributed by atoms with Crippen LogP contribution in [0.4, 0.5) is 0 Å². The van der Waals surface area contributed by atoms with Gasteiger partial charge in [-0.05, 0) is 30.0 Å². The van der Waals surface area contributed by atoms with Gasteiger partial charge in [-0.2, -0.15) is 11.8 Å². The number of benzene rings is 1. The van der Waals surface area contributed by atoms with E-state index in [0.717, 1.165) is 32.7 Å². The molecule has 0 aliphatic carbocycles. The second-order valence-corrected chi connectivity index (χ2v) is 7.93. The van der Waals surface area contributed by atoms with E-state index in [2.05, 4.69) is 29.3 Å². The van der Waals surface area contributed by atoms with Gasteiger partial charge in [-0.15, -0.1) is 21.5 Å². The van der Waals surface area contributed by atoms with Crippen molar-refractivity contribution < 1.29 is 0 Å². The Bertz CT molecular complexity index is 675. The zero-order valence-corrected chi connectivity index (χ0v) is 15.9. The van der Waals surface area contributed by atoms with Crippen LogP contribution < -0.4 is 0 Å². The first-order valence-electron chi connectivity index (χ1n) is 7.30. The molecule has 0 saturated carbocycles. The SMILES string of the molecule is CCSCc1ccc(C(=NN=CN(C)C)c2ccc(Cl)cc2)s1. The van der Waals surface area contributed by atoms with Crippen LogP contribution in [0.5, 0.6) is 0 Å². The van der Waals surface area contributed by atoms with E-state index in [4.69, 9.17) is 11.6 Å². The quantitative estimate of drug-likeness (QED) is 0.392. The molecule has 0 atom stereocenters. The molecule has 0 radical (unpaired) electrons. The van der Waals surface area contributed by atoms with Crippen LogP contribution in [0.2, 0.25) is 5.02 Å². The summed E-state index contributed by atoms with van der Waals surface area (Å²) in [6.07, 6.45) is 1.69. The molecule has 6 heteroatoms. The molecular weight excluding hydrogens is 346 g/mol. The molecule has 122 valence electrons. The van der Waals surface area contributed by atoms with Gasteiger partial charge >= 0.3 is 0 Å². The molecule has 2 aromatic rings. The average molecular weight is 366 g/mol. The van der Waals surface area contributed by atoms with Crippen LogP contribution in [-0.4, -0.2) is 36.8 Å². The summed E-state index contributed by atoms with van der Waals surface area (Å²) in [5.41, 5.74) is 1.89. The van der Waals surface area contributed by atoms with E-state index in [-0.39, 0.29) is 0 Å². The zero-order chi connectivity index (χ0) is 16.7.